The highest BCUT2D eigenvalue weighted by Crippen LogP contribution is 2.25. The molecule has 1 aliphatic rings. The Morgan fingerprint density at radius 1 is 1.44 bits per heavy atom. The SMILES string of the molecule is CCOC(=O)c1n[nH]nc1-c1ccc(CN2CCCC(C)C2)c(F)c1. The summed E-state index contributed by atoms with van der Waals surface area (Å²) in [6.07, 6.45) is 2.39. The van der Waals surface area contributed by atoms with Crippen LogP contribution in [0.25, 0.3) is 11.3 Å². The molecule has 25 heavy (non-hydrogen) atoms. The maximum atomic E-state index is 14.6. The lowest BCUT2D eigenvalue weighted by Crippen LogP contribution is -2.33. The van der Waals surface area contributed by atoms with Crippen molar-refractivity contribution < 1.29 is 13.9 Å². The van der Waals surface area contributed by atoms with Crippen molar-refractivity contribution in [3.05, 3.63) is 35.3 Å². The van der Waals surface area contributed by atoms with Gasteiger partial charge in [-0.2, -0.15) is 10.3 Å². The molecule has 2 aromatic rings. The molecule has 0 radical (unpaired) electrons. The molecule has 0 aliphatic carbocycles. The van der Waals surface area contributed by atoms with Crippen molar-refractivity contribution in [2.24, 2.45) is 5.92 Å². The molecular formula is C18H23FN4O2. The van der Waals surface area contributed by atoms with Gasteiger partial charge in [0.2, 0.25) is 0 Å². The quantitative estimate of drug-likeness (QED) is 0.843. The van der Waals surface area contributed by atoms with Gasteiger partial charge in [0.25, 0.3) is 0 Å². The largest absolute Gasteiger partial charge is 0.461 e. The Morgan fingerprint density at radius 3 is 3.00 bits per heavy atom. The second kappa shape index (κ2) is 7.74. The molecule has 0 bridgehead atoms. The van der Waals surface area contributed by atoms with E-state index in [9.17, 15) is 9.18 Å². The smallest absolute Gasteiger partial charge is 0.361 e. The predicted molar refractivity (Wildman–Crippen MR) is 91.4 cm³/mol. The van der Waals surface area contributed by atoms with Crippen molar-refractivity contribution >= 4 is 5.97 Å². The average molecular weight is 346 g/mol. The van der Waals surface area contributed by atoms with Gasteiger partial charge in [-0.25, -0.2) is 9.18 Å². The molecular weight excluding hydrogens is 323 g/mol. The average Bonchev–Trinajstić information content (AvgIpc) is 3.07. The number of piperidine rings is 1. The summed E-state index contributed by atoms with van der Waals surface area (Å²) < 4.78 is 19.5. The van der Waals surface area contributed by atoms with Crippen LogP contribution in [0.4, 0.5) is 4.39 Å². The molecule has 0 spiro atoms. The van der Waals surface area contributed by atoms with E-state index in [-0.39, 0.29) is 18.1 Å². The Morgan fingerprint density at radius 2 is 2.28 bits per heavy atom. The number of nitrogens with one attached hydrogen (secondary N) is 1. The summed E-state index contributed by atoms with van der Waals surface area (Å²) in [6, 6.07) is 4.93. The van der Waals surface area contributed by atoms with Crippen LogP contribution in [0, 0.1) is 11.7 Å². The first-order valence-corrected chi connectivity index (χ1v) is 8.67. The van der Waals surface area contributed by atoms with Crippen LogP contribution < -0.4 is 0 Å². The van der Waals surface area contributed by atoms with Gasteiger partial charge in [-0.05, 0) is 38.3 Å². The molecule has 1 aromatic carbocycles. The number of likely N-dealkylation sites (tertiary alicyclic amines) is 1. The molecule has 6 nitrogen and oxygen atoms in total. The number of hydrogen-bond donors (Lipinski definition) is 1. The fourth-order valence-corrected chi connectivity index (χ4v) is 3.27. The summed E-state index contributed by atoms with van der Waals surface area (Å²) in [7, 11) is 0. The number of H-pyrrole nitrogens is 1. The molecule has 1 atom stereocenters. The van der Waals surface area contributed by atoms with E-state index in [2.05, 4.69) is 27.2 Å². The lowest BCUT2D eigenvalue weighted by atomic mass is 9.99. The maximum Gasteiger partial charge on any atom is 0.361 e. The van der Waals surface area contributed by atoms with Gasteiger partial charge in [-0.1, -0.05) is 19.1 Å². The number of aromatic nitrogens is 3. The van der Waals surface area contributed by atoms with Crippen LogP contribution in [-0.4, -0.2) is 46.0 Å². The van der Waals surface area contributed by atoms with E-state index >= 15 is 0 Å². The molecule has 2 heterocycles. The molecule has 0 amide bonds. The van der Waals surface area contributed by atoms with Crippen LogP contribution in [0.15, 0.2) is 18.2 Å². The number of nitrogens with zero attached hydrogens (tertiary/aromatic N) is 3. The zero-order valence-corrected chi connectivity index (χ0v) is 14.6. The number of carbonyl (C=O) groups excluding carboxylic acids is 1. The maximum absolute atomic E-state index is 14.6. The Kier molecular flexibility index (Phi) is 5.43. The van der Waals surface area contributed by atoms with Crippen molar-refractivity contribution in [1.29, 1.82) is 0 Å². The van der Waals surface area contributed by atoms with E-state index < -0.39 is 5.97 Å². The standard InChI is InChI=1S/C18H23FN4O2/c1-3-25-18(24)17-16(20-22-21-17)13-6-7-14(15(19)9-13)11-23-8-4-5-12(2)10-23/h6-7,9,12H,3-5,8,10-11H2,1-2H3,(H,20,21,22). The minimum atomic E-state index is -0.571. The molecule has 7 heteroatoms. The summed E-state index contributed by atoms with van der Waals surface area (Å²) in [5, 5.41) is 10.2. The van der Waals surface area contributed by atoms with Gasteiger partial charge >= 0.3 is 5.97 Å². The van der Waals surface area contributed by atoms with Gasteiger partial charge in [0, 0.05) is 24.2 Å². The number of halogens is 1. The number of benzene rings is 1. The van der Waals surface area contributed by atoms with Crippen molar-refractivity contribution in [1.82, 2.24) is 20.3 Å². The molecule has 0 saturated carbocycles. The third kappa shape index (κ3) is 4.04. The first-order chi connectivity index (χ1) is 12.1. The molecule has 1 saturated heterocycles. The summed E-state index contributed by atoms with van der Waals surface area (Å²) in [5.41, 5.74) is 1.53. The van der Waals surface area contributed by atoms with Crippen LogP contribution in [0.5, 0.6) is 0 Å². The number of aromatic amines is 1. The van der Waals surface area contributed by atoms with Crippen LogP contribution in [-0.2, 0) is 11.3 Å². The molecule has 1 N–H and O–H groups in total. The van der Waals surface area contributed by atoms with Gasteiger partial charge in [0.1, 0.15) is 11.5 Å². The Bertz CT molecular complexity index is 746. The highest BCUT2D eigenvalue weighted by Gasteiger charge is 2.21. The van der Waals surface area contributed by atoms with Crippen LogP contribution in [0.1, 0.15) is 42.7 Å². The summed E-state index contributed by atoms with van der Waals surface area (Å²) in [6.45, 7) is 6.78. The molecule has 1 aromatic heterocycles. The highest BCUT2D eigenvalue weighted by atomic mass is 19.1. The lowest BCUT2D eigenvalue weighted by Gasteiger charge is -2.30. The van der Waals surface area contributed by atoms with Gasteiger partial charge in [-0.3, -0.25) is 4.90 Å². The summed E-state index contributed by atoms with van der Waals surface area (Å²) in [5.74, 6) is -0.218. The van der Waals surface area contributed by atoms with E-state index in [4.69, 9.17) is 4.74 Å². The zero-order chi connectivity index (χ0) is 17.8. The van der Waals surface area contributed by atoms with Crippen molar-refractivity contribution in [2.45, 2.75) is 33.2 Å². The molecule has 1 aliphatic heterocycles. The third-order valence-electron chi connectivity index (χ3n) is 4.48. The molecule has 3 rings (SSSR count). The van der Waals surface area contributed by atoms with Gasteiger partial charge in [0.05, 0.1) is 6.61 Å². The number of rotatable bonds is 5. The van der Waals surface area contributed by atoms with E-state index in [1.54, 1.807) is 19.1 Å². The minimum absolute atomic E-state index is 0.0684. The second-order valence-corrected chi connectivity index (χ2v) is 6.53. The van der Waals surface area contributed by atoms with Gasteiger partial charge in [0.15, 0.2) is 5.69 Å². The first kappa shape index (κ1) is 17.5. The normalized spacial score (nSPS) is 18.3. The van der Waals surface area contributed by atoms with Gasteiger partial charge in [-0.15, -0.1) is 5.10 Å². The topological polar surface area (TPSA) is 71.1 Å². The summed E-state index contributed by atoms with van der Waals surface area (Å²) in [4.78, 5) is 14.2. The van der Waals surface area contributed by atoms with Crippen molar-refractivity contribution in [2.75, 3.05) is 19.7 Å². The zero-order valence-electron chi connectivity index (χ0n) is 14.6. The van der Waals surface area contributed by atoms with Crippen LogP contribution in [0.3, 0.4) is 0 Å². The fraction of sp³-hybridized carbons (Fsp3) is 0.500. The molecule has 1 unspecified atom stereocenters. The number of esters is 1. The molecule has 1 fully saturated rings. The lowest BCUT2D eigenvalue weighted by molar-refractivity contribution is 0.0520. The van der Waals surface area contributed by atoms with Crippen molar-refractivity contribution in [3.63, 3.8) is 0 Å². The highest BCUT2D eigenvalue weighted by molar-refractivity contribution is 5.93. The van der Waals surface area contributed by atoms with Crippen LogP contribution in [0.2, 0.25) is 0 Å². The first-order valence-electron chi connectivity index (χ1n) is 8.67. The number of ether oxygens (including phenoxy) is 1. The van der Waals surface area contributed by atoms with Gasteiger partial charge < -0.3 is 4.74 Å². The van der Waals surface area contributed by atoms with E-state index in [0.29, 0.717) is 29.3 Å². The third-order valence-corrected chi connectivity index (χ3v) is 4.48. The predicted octanol–water partition coefficient (Wildman–Crippen LogP) is 3.02. The van der Waals surface area contributed by atoms with Crippen molar-refractivity contribution in [3.8, 4) is 11.3 Å². The number of hydrogen-bond acceptors (Lipinski definition) is 5. The second-order valence-electron chi connectivity index (χ2n) is 6.53. The molecule has 134 valence electrons. The fourth-order valence-electron chi connectivity index (χ4n) is 3.27. The van der Waals surface area contributed by atoms with E-state index in [1.807, 2.05) is 0 Å². The monoisotopic (exact) mass is 346 g/mol. The minimum Gasteiger partial charge on any atom is -0.461 e. The Balaban J connectivity index is 1.78. The van der Waals surface area contributed by atoms with E-state index in [0.717, 1.165) is 19.5 Å². The Hall–Kier alpha value is -2.28. The van der Waals surface area contributed by atoms with Crippen LogP contribution >= 0.6 is 0 Å². The number of carbonyl (C=O) groups is 1. The van der Waals surface area contributed by atoms with E-state index in [1.165, 1.54) is 12.5 Å². The Labute approximate surface area is 146 Å². The summed E-state index contributed by atoms with van der Waals surface area (Å²) >= 11 is 0.